The second kappa shape index (κ2) is 7.21. The summed E-state index contributed by atoms with van der Waals surface area (Å²) in [6.07, 6.45) is 1.42. The molecule has 0 aliphatic carbocycles. The topological polar surface area (TPSA) is 71.1 Å². The highest BCUT2D eigenvalue weighted by Gasteiger charge is 2.17. The summed E-state index contributed by atoms with van der Waals surface area (Å²) >= 11 is 0. The third-order valence-corrected chi connectivity index (χ3v) is 3.11. The molecule has 6 heteroatoms. The lowest BCUT2D eigenvalue weighted by molar-refractivity contribution is 0.0914. The number of aromatic nitrogens is 1. The first-order chi connectivity index (χ1) is 11.2. The molecule has 0 aliphatic heterocycles. The van der Waals surface area contributed by atoms with E-state index in [0.717, 1.165) is 5.56 Å². The fourth-order valence-electron chi connectivity index (χ4n) is 1.99. The highest BCUT2D eigenvalue weighted by atomic mass is 19.1. The van der Waals surface area contributed by atoms with Crippen molar-refractivity contribution in [2.75, 3.05) is 0 Å². The Morgan fingerprint density at radius 1 is 1.08 bits per heavy atom. The maximum Gasteiger partial charge on any atom is 0.270 e. The van der Waals surface area contributed by atoms with Crippen LogP contribution in [0.2, 0.25) is 0 Å². The molecule has 0 radical (unpaired) electrons. The van der Waals surface area contributed by atoms with Gasteiger partial charge >= 0.3 is 0 Å². The molecule has 1 aromatic carbocycles. The summed E-state index contributed by atoms with van der Waals surface area (Å²) in [6, 6.07) is 8.86. The van der Waals surface area contributed by atoms with Crippen LogP contribution in [0.15, 0.2) is 42.6 Å². The Labute approximate surface area is 140 Å². The second-order valence-corrected chi connectivity index (χ2v) is 6.44. The number of amides is 2. The molecule has 0 fully saturated rings. The number of pyridine rings is 1. The summed E-state index contributed by atoms with van der Waals surface area (Å²) in [6.45, 7) is 5.86. The molecular weight excluding hydrogens is 309 g/mol. The molecule has 2 aromatic rings. The summed E-state index contributed by atoms with van der Waals surface area (Å²) in [5, 5.41) is 5.52. The standard InChI is InChI=1S/C18H20FN3O2/c1-18(2,3)22-17(24)15-10-13(8-9-20-15)16(23)21-11-12-4-6-14(19)7-5-12/h4-10H,11H2,1-3H3,(H,21,23)(H,22,24). The molecule has 0 saturated heterocycles. The van der Waals surface area contributed by atoms with Crippen LogP contribution in [0.25, 0.3) is 0 Å². The molecule has 24 heavy (non-hydrogen) atoms. The Morgan fingerprint density at radius 2 is 1.75 bits per heavy atom. The van der Waals surface area contributed by atoms with E-state index in [-0.39, 0.29) is 35.4 Å². The van der Waals surface area contributed by atoms with E-state index < -0.39 is 0 Å². The Balaban J connectivity index is 2.03. The summed E-state index contributed by atoms with van der Waals surface area (Å²) < 4.78 is 12.9. The first-order valence-corrected chi connectivity index (χ1v) is 7.56. The average Bonchev–Trinajstić information content (AvgIpc) is 2.52. The Kier molecular flexibility index (Phi) is 5.28. The molecule has 1 heterocycles. The minimum atomic E-state index is -0.389. The number of nitrogens with one attached hydrogen (secondary N) is 2. The number of halogens is 1. The van der Waals surface area contributed by atoms with Crippen LogP contribution in [0.5, 0.6) is 0 Å². The smallest absolute Gasteiger partial charge is 0.270 e. The number of rotatable bonds is 4. The van der Waals surface area contributed by atoms with Crippen LogP contribution in [0.1, 0.15) is 47.2 Å². The van der Waals surface area contributed by atoms with Gasteiger partial charge in [0.15, 0.2) is 0 Å². The summed E-state index contributed by atoms with van der Waals surface area (Å²) in [4.78, 5) is 28.3. The molecule has 0 spiro atoms. The van der Waals surface area contributed by atoms with Crippen molar-refractivity contribution in [2.45, 2.75) is 32.9 Å². The SMILES string of the molecule is CC(C)(C)NC(=O)c1cc(C(=O)NCc2ccc(F)cc2)ccn1. The molecule has 2 N–H and O–H groups in total. The van der Waals surface area contributed by atoms with Crippen molar-refractivity contribution in [3.05, 3.63) is 65.2 Å². The van der Waals surface area contributed by atoms with Crippen LogP contribution in [0.3, 0.4) is 0 Å². The second-order valence-electron chi connectivity index (χ2n) is 6.44. The van der Waals surface area contributed by atoms with E-state index >= 15 is 0 Å². The van der Waals surface area contributed by atoms with Crippen molar-refractivity contribution in [1.29, 1.82) is 0 Å². The predicted octanol–water partition coefficient (Wildman–Crippen LogP) is 2.68. The summed E-state index contributed by atoms with van der Waals surface area (Å²) in [5.74, 6) is -0.990. The minimum Gasteiger partial charge on any atom is -0.348 e. The maximum atomic E-state index is 12.9. The average molecular weight is 329 g/mol. The lowest BCUT2D eigenvalue weighted by atomic mass is 10.1. The van der Waals surface area contributed by atoms with Gasteiger partial charge in [-0.25, -0.2) is 4.39 Å². The lowest BCUT2D eigenvalue weighted by Crippen LogP contribution is -2.41. The molecule has 2 rings (SSSR count). The number of carbonyl (C=O) groups is 2. The zero-order valence-corrected chi connectivity index (χ0v) is 13.9. The van der Waals surface area contributed by atoms with E-state index in [2.05, 4.69) is 15.6 Å². The fourth-order valence-corrected chi connectivity index (χ4v) is 1.99. The van der Waals surface area contributed by atoms with Gasteiger partial charge in [-0.15, -0.1) is 0 Å². The van der Waals surface area contributed by atoms with Crippen molar-refractivity contribution in [3.63, 3.8) is 0 Å². The van der Waals surface area contributed by atoms with Crippen molar-refractivity contribution in [3.8, 4) is 0 Å². The van der Waals surface area contributed by atoms with Gasteiger partial charge in [-0.2, -0.15) is 0 Å². The molecule has 5 nitrogen and oxygen atoms in total. The normalized spacial score (nSPS) is 11.0. The maximum absolute atomic E-state index is 12.9. The number of carbonyl (C=O) groups excluding carboxylic acids is 2. The van der Waals surface area contributed by atoms with Gasteiger partial charge in [0.25, 0.3) is 11.8 Å². The van der Waals surface area contributed by atoms with E-state index in [0.29, 0.717) is 5.56 Å². The summed E-state index contributed by atoms with van der Waals surface area (Å²) in [5.41, 5.74) is 0.912. The van der Waals surface area contributed by atoms with E-state index in [9.17, 15) is 14.0 Å². The van der Waals surface area contributed by atoms with Crippen LogP contribution < -0.4 is 10.6 Å². The van der Waals surface area contributed by atoms with Crippen LogP contribution in [0.4, 0.5) is 4.39 Å². The largest absolute Gasteiger partial charge is 0.348 e. The van der Waals surface area contributed by atoms with Gasteiger partial charge in [-0.1, -0.05) is 12.1 Å². The molecule has 1 aromatic heterocycles. The summed E-state index contributed by atoms with van der Waals surface area (Å²) in [7, 11) is 0. The van der Waals surface area contributed by atoms with Crippen molar-refractivity contribution in [2.24, 2.45) is 0 Å². The molecule has 126 valence electrons. The Bertz CT molecular complexity index is 737. The van der Waals surface area contributed by atoms with Gasteiger partial charge in [-0.3, -0.25) is 14.6 Å². The molecule has 0 saturated carbocycles. The number of nitrogens with zero attached hydrogens (tertiary/aromatic N) is 1. The van der Waals surface area contributed by atoms with Crippen LogP contribution in [0, 0.1) is 5.82 Å². The number of benzene rings is 1. The van der Waals surface area contributed by atoms with E-state index in [1.54, 1.807) is 12.1 Å². The predicted molar refractivity (Wildman–Crippen MR) is 89.0 cm³/mol. The number of hydrogen-bond donors (Lipinski definition) is 2. The van der Waals surface area contributed by atoms with Crippen LogP contribution >= 0.6 is 0 Å². The van der Waals surface area contributed by atoms with Gasteiger partial charge in [0.2, 0.25) is 0 Å². The Morgan fingerprint density at radius 3 is 2.38 bits per heavy atom. The van der Waals surface area contributed by atoms with Crippen molar-refractivity contribution < 1.29 is 14.0 Å². The monoisotopic (exact) mass is 329 g/mol. The lowest BCUT2D eigenvalue weighted by Gasteiger charge is -2.20. The zero-order chi connectivity index (χ0) is 17.7. The van der Waals surface area contributed by atoms with Gasteiger partial charge < -0.3 is 10.6 Å². The van der Waals surface area contributed by atoms with Gasteiger partial charge in [-0.05, 0) is 50.6 Å². The van der Waals surface area contributed by atoms with Crippen LogP contribution in [-0.2, 0) is 6.54 Å². The zero-order valence-electron chi connectivity index (χ0n) is 13.9. The quantitative estimate of drug-likeness (QED) is 0.906. The molecule has 0 bridgehead atoms. The third kappa shape index (κ3) is 5.15. The van der Waals surface area contributed by atoms with E-state index in [1.807, 2.05) is 20.8 Å². The molecule has 0 aliphatic rings. The molecule has 2 amide bonds. The van der Waals surface area contributed by atoms with Crippen LogP contribution in [-0.4, -0.2) is 22.3 Å². The van der Waals surface area contributed by atoms with Crippen molar-refractivity contribution >= 4 is 11.8 Å². The third-order valence-electron chi connectivity index (χ3n) is 3.11. The van der Waals surface area contributed by atoms with E-state index in [1.165, 1.54) is 30.5 Å². The number of hydrogen-bond acceptors (Lipinski definition) is 3. The highest BCUT2D eigenvalue weighted by molar-refractivity contribution is 5.98. The highest BCUT2D eigenvalue weighted by Crippen LogP contribution is 2.07. The molecule has 0 unspecified atom stereocenters. The van der Waals surface area contributed by atoms with Gasteiger partial charge in [0.1, 0.15) is 11.5 Å². The molecular formula is C18H20FN3O2. The van der Waals surface area contributed by atoms with Gasteiger partial charge in [0, 0.05) is 23.8 Å². The van der Waals surface area contributed by atoms with Gasteiger partial charge in [0.05, 0.1) is 0 Å². The molecule has 0 atom stereocenters. The first-order valence-electron chi connectivity index (χ1n) is 7.56. The minimum absolute atomic E-state index is 0.180. The van der Waals surface area contributed by atoms with Crippen molar-refractivity contribution in [1.82, 2.24) is 15.6 Å². The van der Waals surface area contributed by atoms with E-state index in [4.69, 9.17) is 0 Å². The fraction of sp³-hybridized carbons (Fsp3) is 0.278. The Hall–Kier alpha value is -2.76. The first kappa shape index (κ1) is 17.6.